The molecule has 1 fully saturated rings. The lowest BCUT2D eigenvalue weighted by Crippen LogP contribution is -2.36. The van der Waals surface area contributed by atoms with Crippen molar-refractivity contribution in [2.24, 2.45) is 11.8 Å². The number of nitro groups is 1. The van der Waals surface area contributed by atoms with Crippen LogP contribution < -0.4 is 16.2 Å². The molecule has 0 radical (unpaired) electrons. The number of nitrogens with zero attached hydrogens (tertiary/aromatic N) is 3. The first kappa shape index (κ1) is 14.5. The SMILES string of the molecule is NNc1ccc([N+](=O)[O-])c(N2CCCC(CCO)C2)n1. The molecule has 0 saturated carbocycles. The maximum absolute atomic E-state index is 11.1. The minimum atomic E-state index is -0.432. The number of hydrazine groups is 1. The molecule has 1 aliphatic heterocycles. The van der Waals surface area contributed by atoms with E-state index in [9.17, 15) is 10.1 Å². The molecule has 8 nitrogen and oxygen atoms in total. The summed E-state index contributed by atoms with van der Waals surface area (Å²) in [7, 11) is 0. The molecule has 1 aromatic rings. The maximum atomic E-state index is 11.1. The van der Waals surface area contributed by atoms with Gasteiger partial charge in [-0.05, 0) is 31.2 Å². The van der Waals surface area contributed by atoms with Gasteiger partial charge in [-0.15, -0.1) is 0 Å². The van der Waals surface area contributed by atoms with Gasteiger partial charge in [0.25, 0.3) is 0 Å². The molecule has 2 rings (SSSR count). The van der Waals surface area contributed by atoms with Crippen LogP contribution in [0.4, 0.5) is 17.3 Å². The number of rotatable bonds is 5. The van der Waals surface area contributed by atoms with Crippen molar-refractivity contribution in [2.75, 3.05) is 30.0 Å². The van der Waals surface area contributed by atoms with Crippen LogP contribution in [-0.2, 0) is 0 Å². The molecule has 20 heavy (non-hydrogen) atoms. The van der Waals surface area contributed by atoms with Crippen LogP contribution in [0.3, 0.4) is 0 Å². The lowest BCUT2D eigenvalue weighted by atomic mass is 9.95. The Labute approximate surface area is 116 Å². The minimum absolute atomic E-state index is 0.0198. The summed E-state index contributed by atoms with van der Waals surface area (Å²) >= 11 is 0. The Bertz CT molecular complexity index is 480. The lowest BCUT2D eigenvalue weighted by molar-refractivity contribution is -0.384. The molecule has 1 saturated heterocycles. The Hall–Kier alpha value is -1.93. The van der Waals surface area contributed by atoms with Crippen molar-refractivity contribution >= 4 is 17.3 Å². The summed E-state index contributed by atoms with van der Waals surface area (Å²) in [6.45, 7) is 1.53. The molecule has 2 heterocycles. The van der Waals surface area contributed by atoms with Gasteiger partial charge in [0.15, 0.2) is 0 Å². The maximum Gasteiger partial charge on any atom is 0.311 e. The van der Waals surface area contributed by atoms with Crippen LogP contribution in [0.1, 0.15) is 19.3 Å². The fraction of sp³-hybridized carbons (Fsp3) is 0.583. The monoisotopic (exact) mass is 281 g/mol. The van der Waals surface area contributed by atoms with Crippen molar-refractivity contribution in [2.45, 2.75) is 19.3 Å². The highest BCUT2D eigenvalue weighted by molar-refractivity contribution is 5.61. The van der Waals surface area contributed by atoms with Crippen molar-refractivity contribution in [1.29, 1.82) is 0 Å². The van der Waals surface area contributed by atoms with E-state index in [1.807, 2.05) is 4.90 Å². The van der Waals surface area contributed by atoms with Crippen LogP contribution in [0.5, 0.6) is 0 Å². The molecule has 8 heteroatoms. The third-order valence-electron chi connectivity index (χ3n) is 3.55. The second kappa shape index (κ2) is 6.49. The fourth-order valence-electron chi connectivity index (χ4n) is 2.57. The smallest absolute Gasteiger partial charge is 0.311 e. The second-order valence-corrected chi connectivity index (χ2v) is 4.91. The van der Waals surface area contributed by atoms with E-state index in [1.54, 1.807) is 0 Å². The zero-order chi connectivity index (χ0) is 14.5. The van der Waals surface area contributed by atoms with Crippen LogP contribution in [0, 0.1) is 16.0 Å². The number of nitrogen functional groups attached to an aromatic ring is 1. The number of nitrogens with one attached hydrogen (secondary N) is 1. The number of piperidine rings is 1. The van der Waals surface area contributed by atoms with Crippen LogP contribution in [0.15, 0.2) is 12.1 Å². The van der Waals surface area contributed by atoms with E-state index >= 15 is 0 Å². The van der Waals surface area contributed by atoms with Crippen molar-refractivity contribution in [3.63, 3.8) is 0 Å². The Kier molecular flexibility index (Phi) is 4.70. The largest absolute Gasteiger partial charge is 0.396 e. The normalized spacial score (nSPS) is 18.9. The van der Waals surface area contributed by atoms with Gasteiger partial charge in [-0.2, -0.15) is 0 Å². The number of anilines is 2. The number of aliphatic hydroxyl groups is 1. The molecule has 0 spiro atoms. The lowest BCUT2D eigenvalue weighted by Gasteiger charge is -2.33. The first-order valence-corrected chi connectivity index (χ1v) is 6.63. The highest BCUT2D eigenvalue weighted by Crippen LogP contribution is 2.31. The Morgan fingerprint density at radius 1 is 1.60 bits per heavy atom. The van der Waals surface area contributed by atoms with Crippen LogP contribution in [0.2, 0.25) is 0 Å². The summed E-state index contributed by atoms with van der Waals surface area (Å²) in [5.74, 6) is 6.39. The van der Waals surface area contributed by atoms with Crippen LogP contribution >= 0.6 is 0 Å². The van der Waals surface area contributed by atoms with E-state index < -0.39 is 4.92 Å². The van der Waals surface area contributed by atoms with E-state index in [2.05, 4.69) is 10.4 Å². The zero-order valence-electron chi connectivity index (χ0n) is 11.2. The fourth-order valence-corrected chi connectivity index (χ4v) is 2.57. The van der Waals surface area contributed by atoms with E-state index in [0.29, 0.717) is 30.5 Å². The molecule has 0 aliphatic carbocycles. The average molecular weight is 281 g/mol. The van der Waals surface area contributed by atoms with E-state index in [-0.39, 0.29) is 12.3 Å². The quantitative estimate of drug-likeness (QED) is 0.416. The number of aliphatic hydroxyl groups excluding tert-OH is 1. The second-order valence-electron chi connectivity index (χ2n) is 4.91. The molecular weight excluding hydrogens is 262 g/mol. The molecule has 110 valence electrons. The summed E-state index contributed by atoms with van der Waals surface area (Å²) < 4.78 is 0. The van der Waals surface area contributed by atoms with Crippen molar-refractivity contribution in [1.82, 2.24) is 4.98 Å². The van der Waals surface area contributed by atoms with Gasteiger partial charge in [0.2, 0.25) is 5.82 Å². The van der Waals surface area contributed by atoms with Gasteiger partial charge in [-0.3, -0.25) is 10.1 Å². The molecular formula is C12H19N5O3. The summed E-state index contributed by atoms with van der Waals surface area (Å²) in [5.41, 5.74) is 2.39. The van der Waals surface area contributed by atoms with Gasteiger partial charge in [0, 0.05) is 25.8 Å². The standard InChI is InChI=1S/C12H19N5O3/c13-15-11-4-3-10(17(19)20)12(14-11)16-6-1-2-9(8-16)5-7-18/h3-4,9,18H,1-2,5-8,13H2,(H,14,15). The zero-order valence-corrected chi connectivity index (χ0v) is 11.2. The molecule has 1 atom stereocenters. The summed E-state index contributed by atoms with van der Waals surface area (Å²) in [5, 5.41) is 20.1. The summed E-state index contributed by atoms with van der Waals surface area (Å²) in [6.07, 6.45) is 2.67. The first-order valence-electron chi connectivity index (χ1n) is 6.63. The molecule has 4 N–H and O–H groups in total. The van der Waals surface area contributed by atoms with E-state index in [1.165, 1.54) is 12.1 Å². The van der Waals surface area contributed by atoms with Crippen molar-refractivity contribution < 1.29 is 10.0 Å². The van der Waals surface area contributed by atoms with E-state index in [4.69, 9.17) is 10.9 Å². The molecule has 1 aromatic heterocycles. The Balaban J connectivity index is 2.27. The highest BCUT2D eigenvalue weighted by Gasteiger charge is 2.26. The number of hydrogen-bond acceptors (Lipinski definition) is 7. The number of aromatic nitrogens is 1. The van der Waals surface area contributed by atoms with Crippen LogP contribution in [0.25, 0.3) is 0 Å². The topological polar surface area (TPSA) is 118 Å². The molecule has 0 amide bonds. The number of pyridine rings is 1. The molecule has 0 bridgehead atoms. The van der Waals surface area contributed by atoms with Crippen molar-refractivity contribution in [3.8, 4) is 0 Å². The predicted octanol–water partition coefficient (Wildman–Crippen LogP) is 0.874. The third-order valence-corrected chi connectivity index (χ3v) is 3.55. The molecule has 1 unspecified atom stereocenters. The van der Waals surface area contributed by atoms with Gasteiger partial charge in [0.1, 0.15) is 5.82 Å². The number of nitrogens with two attached hydrogens (primary N) is 1. The van der Waals surface area contributed by atoms with E-state index in [0.717, 1.165) is 19.4 Å². The van der Waals surface area contributed by atoms with Gasteiger partial charge in [-0.1, -0.05) is 0 Å². The van der Waals surface area contributed by atoms with Crippen LogP contribution in [-0.4, -0.2) is 34.7 Å². The number of hydrogen-bond donors (Lipinski definition) is 3. The third kappa shape index (κ3) is 3.14. The van der Waals surface area contributed by atoms with Crippen molar-refractivity contribution in [3.05, 3.63) is 22.2 Å². The Morgan fingerprint density at radius 3 is 3.05 bits per heavy atom. The molecule has 1 aliphatic rings. The predicted molar refractivity (Wildman–Crippen MR) is 75.3 cm³/mol. The Morgan fingerprint density at radius 2 is 2.40 bits per heavy atom. The average Bonchev–Trinajstić information content (AvgIpc) is 2.47. The summed E-state index contributed by atoms with van der Waals surface area (Å²) in [6, 6.07) is 2.89. The van der Waals surface area contributed by atoms with Gasteiger partial charge < -0.3 is 15.4 Å². The minimum Gasteiger partial charge on any atom is -0.396 e. The first-order chi connectivity index (χ1) is 9.65. The highest BCUT2D eigenvalue weighted by atomic mass is 16.6. The van der Waals surface area contributed by atoms with Gasteiger partial charge >= 0.3 is 5.69 Å². The van der Waals surface area contributed by atoms with Gasteiger partial charge in [-0.25, -0.2) is 10.8 Å². The summed E-state index contributed by atoms with van der Waals surface area (Å²) in [4.78, 5) is 16.8. The van der Waals surface area contributed by atoms with Gasteiger partial charge in [0.05, 0.1) is 4.92 Å². The molecule has 0 aromatic carbocycles.